The molecule has 0 aliphatic carbocycles. The third kappa shape index (κ3) is 1.82. The smallest absolute Gasteiger partial charge is 0.146 e. The van der Waals surface area contributed by atoms with Gasteiger partial charge in [-0.15, -0.1) is 10.2 Å². The molecule has 0 fully saturated rings. The van der Waals surface area contributed by atoms with E-state index in [0.717, 1.165) is 36.5 Å². The van der Waals surface area contributed by atoms with Gasteiger partial charge in [0.25, 0.3) is 0 Å². The monoisotopic (exact) mass is 227 g/mol. The molecule has 2 aromatic rings. The topological polar surface area (TPSA) is 61.0 Å². The molecule has 1 aliphatic rings. The number of hydrogen-bond donors (Lipinski definition) is 1. The zero-order valence-electron chi connectivity index (χ0n) is 9.39. The Bertz CT molecular complexity index is 537. The molecule has 0 amide bonds. The van der Waals surface area contributed by atoms with Crippen LogP contribution in [0.5, 0.6) is 5.75 Å². The standard InChI is InChI=1S/C13H13N3O/c14-12-7-6-11(15-16-12)10-5-1-3-9-4-2-8-17-13(9)10/h1,3,5-7H,2,4,8H2,(H2,14,16). The number of hydrogen-bond acceptors (Lipinski definition) is 4. The maximum absolute atomic E-state index is 5.74. The number of nitrogens with two attached hydrogens (primary N) is 1. The zero-order valence-corrected chi connectivity index (χ0v) is 9.39. The molecule has 0 unspecified atom stereocenters. The molecule has 17 heavy (non-hydrogen) atoms. The van der Waals surface area contributed by atoms with Gasteiger partial charge in [-0.1, -0.05) is 12.1 Å². The first-order valence-electron chi connectivity index (χ1n) is 5.69. The van der Waals surface area contributed by atoms with Crippen molar-refractivity contribution in [2.75, 3.05) is 12.3 Å². The molecule has 2 heterocycles. The highest BCUT2D eigenvalue weighted by Crippen LogP contribution is 2.34. The highest BCUT2D eigenvalue weighted by Gasteiger charge is 2.16. The minimum Gasteiger partial charge on any atom is -0.493 e. The molecule has 0 atom stereocenters. The Morgan fingerprint density at radius 2 is 2.06 bits per heavy atom. The first-order chi connectivity index (χ1) is 8.34. The SMILES string of the molecule is Nc1ccc(-c2cccc3c2OCCC3)nn1. The number of nitrogen functional groups attached to an aromatic ring is 1. The maximum atomic E-state index is 5.74. The van der Waals surface area contributed by atoms with E-state index in [0.29, 0.717) is 5.82 Å². The van der Waals surface area contributed by atoms with E-state index >= 15 is 0 Å². The number of aromatic nitrogens is 2. The summed E-state index contributed by atoms with van der Waals surface area (Å²) in [7, 11) is 0. The van der Waals surface area contributed by atoms with Gasteiger partial charge in [0.05, 0.1) is 12.3 Å². The molecule has 0 bridgehead atoms. The van der Waals surface area contributed by atoms with E-state index in [1.807, 2.05) is 18.2 Å². The van der Waals surface area contributed by atoms with Gasteiger partial charge in [0.2, 0.25) is 0 Å². The quantitative estimate of drug-likeness (QED) is 0.810. The van der Waals surface area contributed by atoms with Gasteiger partial charge in [-0.3, -0.25) is 0 Å². The summed E-state index contributed by atoms with van der Waals surface area (Å²) in [5.74, 6) is 1.37. The number of fused-ring (bicyclic) bond motifs is 1. The third-order valence-electron chi connectivity index (χ3n) is 2.89. The molecule has 86 valence electrons. The van der Waals surface area contributed by atoms with Gasteiger partial charge in [0.15, 0.2) is 0 Å². The molecule has 0 spiro atoms. The lowest BCUT2D eigenvalue weighted by Gasteiger charge is -2.19. The second kappa shape index (κ2) is 4.05. The molecule has 4 nitrogen and oxygen atoms in total. The van der Waals surface area contributed by atoms with Gasteiger partial charge in [-0.05, 0) is 36.6 Å². The van der Waals surface area contributed by atoms with E-state index in [9.17, 15) is 0 Å². The summed E-state index contributed by atoms with van der Waals surface area (Å²) in [5, 5.41) is 7.98. The lowest BCUT2D eigenvalue weighted by Crippen LogP contribution is -2.09. The summed E-state index contributed by atoms with van der Waals surface area (Å²) < 4.78 is 5.74. The van der Waals surface area contributed by atoms with Crippen molar-refractivity contribution in [3.8, 4) is 17.0 Å². The molecular weight excluding hydrogens is 214 g/mol. The van der Waals surface area contributed by atoms with Crippen LogP contribution in [0.4, 0.5) is 5.82 Å². The largest absolute Gasteiger partial charge is 0.493 e. The van der Waals surface area contributed by atoms with Crippen LogP contribution in [-0.2, 0) is 6.42 Å². The highest BCUT2D eigenvalue weighted by atomic mass is 16.5. The summed E-state index contributed by atoms with van der Waals surface area (Å²) in [6.07, 6.45) is 2.13. The van der Waals surface area contributed by atoms with Gasteiger partial charge in [-0.25, -0.2) is 0 Å². The number of ether oxygens (including phenoxy) is 1. The summed E-state index contributed by atoms with van der Waals surface area (Å²) in [6.45, 7) is 0.770. The molecule has 4 heteroatoms. The van der Waals surface area contributed by atoms with Crippen LogP contribution in [0.1, 0.15) is 12.0 Å². The van der Waals surface area contributed by atoms with Gasteiger partial charge < -0.3 is 10.5 Å². The van der Waals surface area contributed by atoms with E-state index in [1.165, 1.54) is 5.56 Å². The molecule has 1 aromatic carbocycles. The molecule has 0 saturated heterocycles. The van der Waals surface area contributed by atoms with Crippen molar-refractivity contribution in [1.29, 1.82) is 0 Å². The summed E-state index contributed by atoms with van der Waals surface area (Å²) in [4.78, 5) is 0. The van der Waals surface area contributed by atoms with E-state index in [1.54, 1.807) is 6.07 Å². The van der Waals surface area contributed by atoms with E-state index < -0.39 is 0 Å². The summed E-state index contributed by atoms with van der Waals surface area (Å²) >= 11 is 0. The fourth-order valence-corrected chi connectivity index (χ4v) is 2.08. The third-order valence-corrected chi connectivity index (χ3v) is 2.89. The van der Waals surface area contributed by atoms with Crippen molar-refractivity contribution in [3.63, 3.8) is 0 Å². The van der Waals surface area contributed by atoms with Crippen molar-refractivity contribution in [2.45, 2.75) is 12.8 Å². The minimum atomic E-state index is 0.430. The lowest BCUT2D eigenvalue weighted by molar-refractivity contribution is 0.289. The van der Waals surface area contributed by atoms with E-state index in [-0.39, 0.29) is 0 Å². The van der Waals surface area contributed by atoms with Crippen LogP contribution in [0, 0.1) is 0 Å². The predicted octanol–water partition coefficient (Wildman–Crippen LogP) is 2.05. The van der Waals surface area contributed by atoms with Crippen LogP contribution in [0.15, 0.2) is 30.3 Å². The van der Waals surface area contributed by atoms with Gasteiger partial charge >= 0.3 is 0 Å². The van der Waals surface area contributed by atoms with Crippen LogP contribution < -0.4 is 10.5 Å². The second-order valence-electron chi connectivity index (χ2n) is 4.09. The van der Waals surface area contributed by atoms with Crippen LogP contribution in [0.2, 0.25) is 0 Å². The zero-order chi connectivity index (χ0) is 11.7. The Labute approximate surface area is 99.4 Å². The number of nitrogens with zero attached hydrogens (tertiary/aromatic N) is 2. The number of para-hydroxylation sites is 1. The second-order valence-corrected chi connectivity index (χ2v) is 4.09. The fraction of sp³-hybridized carbons (Fsp3) is 0.231. The van der Waals surface area contributed by atoms with Crippen LogP contribution in [-0.4, -0.2) is 16.8 Å². The lowest BCUT2D eigenvalue weighted by atomic mass is 10.0. The number of rotatable bonds is 1. The van der Waals surface area contributed by atoms with Crippen molar-refractivity contribution in [3.05, 3.63) is 35.9 Å². The number of aryl methyl sites for hydroxylation is 1. The highest BCUT2D eigenvalue weighted by molar-refractivity contribution is 5.69. The molecule has 0 saturated carbocycles. The van der Waals surface area contributed by atoms with Crippen molar-refractivity contribution >= 4 is 5.82 Å². The maximum Gasteiger partial charge on any atom is 0.146 e. The summed E-state index contributed by atoms with van der Waals surface area (Å²) in [5.41, 5.74) is 8.58. The van der Waals surface area contributed by atoms with Crippen molar-refractivity contribution in [1.82, 2.24) is 10.2 Å². The molecular formula is C13H13N3O. The normalized spacial score (nSPS) is 13.9. The predicted molar refractivity (Wildman–Crippen MR) is 65.7 cm³/mol. The number of benzene rings is 1. The minimum absolute atomic E-state index is 0.430. The summed E-state index contributed by atoms with van der Waals surface area (Å²) in [6, 6.07) is 9.76. The molecule has 3 rings (SSSR count). The molecule has 2 N–H and O–H groups in total. The Morgan fingerprint density at radius 3 is 2.88 bits per heavy atom. The average molecular weight is 227 g/mol. The van der Waals surface area contributed by atoms with Crippen molar-refractivity contribution in [2.24, 2.45) is 0 Å². The van der Waals surface area contributed by atoms with Gasteiger partial charge in [0.1, 0.15) is 11.6 Å². The Balaban J connectivity index is 2.11. The Kier molecular flexibility index (Phi) is 2.40. The molecule has 0 radical (unpaired) electrons. The Hall–Kier alpha value is -2.10. The van der Waals surface area contributed by atoms with Crippen LogP contribution >= 0.6 is 0 Å². The molecule has 1 aromatic heterocycles. The van der Waals surface area contributed by atoms with Gasteiger partial charge in [0, 0.05) is 5.56 Å². The first kappa shape index (κ1) is 10.1. The Morgan fingerprint density at radius 1 is 1.12 bits per heavy atom. The average Bonchev–Trinajstić information content (AvgIpc) is 2.39. The van der Waals surface area contributed by atoms with E-state index in [4.69, 9.17) is 10.5 Å². The van der Waals surface area contributed by atoms with Crippen molar-refractivity contribution < 1.29 is 4.74 Å². The van der Waals surface area contributed by atoms with Crippen LogP contribution in [0.3, 0.4) is 0 Å². The van der Waals surface area contributed by atoms with E-state index in [2.05, 4.69) is 16.3 Å². The number of anilines is 1. The fourth-order valence-electron chi connectivity index (χ4n) is 2.08. The van der Waals surface area contributed by atoms with Gasteiger partial charge in [-0.2, -0.15) is 0 Å². The van der Waals surface area contributed by atoms with Crippen LogP contribution in [0.25, 0.3) is 11.3 Å². The molecule has 1 aliphatic heterocycles. The first-order valence-corrected chi connectivity index (χ1v) is 5.69.